The van der Waals surface area contributed by atoms with Crippen molar-refractivity contribution < 1.29 is 9.85 Å². The fourth-order valence-corrected chi connectivity index (χ4v) is 1.63. The summed E-state index contributed by atoms with van der Waals surface area (Å²) in [5.41, 5.74) is 6.62. The van der Waals surface area contributed by atoms with Crippen molar-refractivity contribution in [1.29, 1.82) is 0 Å². The topological polar surface area (TPSA) is 124 Å². The van der Waals surface area contributed by atoms with Crippen molar-refractivity contribution >= 4 is 28.4 Å². The molecule has 0 unspecified atom stereocenters. The van der Waals surface area contributed by atoms with Crippen LogP contribution in [0.25, 0.3) is 0 Å². The number of nitro benzene ring substituents is 2. The van der Waals surface area contributed by atoms with Crippen molar-refractivity contribution in [2.45, 2.75) is 0 Å². The second kappa shape index (κ2) is 5.22. The van der Waals surface area contributed by atoms with Gasteiger partial charge in [-0.2, -0.15) is 0 Å². The maximum Gasteiger partial charge on any atom is 0.271 e. The molecule has 8 heteroatoms. The van der Waals surface area contributed by atoms with Crippen molar-refractivity contribution in [3.8, 4) is 0 Å². The Morgan fingerprint density at radius 2 is 1.60 bits per heavy atom. The van der Waals surface area contributed by atoms with E-state index in [1.54, 1.807) is 6.07 Å². The number of benzene rings is 2. The molecule has 102 valence electrons. The van der Waals surface area contributed by atoms with E-state index in [0.29, 0.717) is 11.4 Å². The van der Waals surface area contributed by atoms with Crippen LogP contribution in [0.4, 0.5) is 28.4 Å². The van der Waals surface area contributed by atoms with Crippen LogP contribution in [0.3, 0.4) is 0 Å². The first-order chi connectivity index (χ1) is 9.47. The number of nitrogens with one attached hydrogen (secondary N) is 1. The Hall–Kier alpha value is -3.16. The van der Waals surface area contributed by atoms with Crippen LogP contribution in [-0.2, 0) is 0 Å². The number of anilines is 3. The minimum absolute atomic E-state index is 0.0597. The predicted molar refractivity (Wildman–Crippen MR) is 73.9 cm³/mol. The molecule has 0 atom stereocenters. The fraction of sp³-hybridized carbons (Fsp3) is 0. The monoisotopic (exact) mass is 274 g/mol. The molecule has 20 heavy (non-hydrogen) atoms. The molecule has 2 aromatic rings. The van der Waals surface area contributed by atoms with E-state index in [-0.39, 0.29) is 17.1 Å². The third-order valence-electron chi connectivity index (χ3n) is 2.58. The van der Waals surface area contributed by atoms with E-state index in [1.807, 2.05) is 0 Å². The summed E-state index contributed by atoms with van der Waals surface area (Å²) in [5.74, 6) is 0. The lowest BCUT2D eigenvalue weighted by Gasteiger charge is -2.08. The Balaban J connectivity index is 2.28. The molecule has 0 heterocycles. The lowest BCUT2D eigenvalue weighted by molar-refractivity contribution is -0.385. The highest BCUT2D eigenvalue weighted by Gasteiger charge is 2.10. The molecule has 2 aromatic carbocycles. The molecule has 0 amide bonds. The van der Waals surface area contributed by atoms with Crippen molar-refractivity contribution in [2.24, 2.45) is 0 Å². The normalized spacial score (nSPS) is 10.0. The second-order valence-corrected chi connectivity index (χ2v) is 3.96. The number of nitrogens with two attached hydrogens (primary N) is 1. The summed E-state index contributed by atoms with van der Waals surface area (Å²) in [7, 11) is 0. The molecule has 8 nitrogen and oxygen atoms in total. The molecule has 0 fully saturated rings. The number of hydrogen-bond acceptors (Lipinski definition) is 6. The van der Waals surface area contributed by atoms with Gasteiger partial charge in [-0.1, -0.05) is 6.07 Å². The zero-order chi connectivity index (χ0) is 14.7. The first-order valence-electron chi connectivity index (χ1n) is 5.53. The van der Waals surface area contributed by atoms with E-state index in [0.717, 1.165) is 0 Å². The zero-order valence-corrected chi connectivity index (χ0v) is 10.1. The van der Waals surface area contributed by atoms with E-state index in [2.05, 4.69) is 5.32 Å². The maximum atomic E-state index is 10.7. The first kappa shape index (κ1) is 13.3. The molecular formula is C12H10N4O4. The van der Waals surface area contributed by atoms with Gasteiger partial charge in [0.05, 0.1) is 21.2 Å². The highest BCUT2D eigenvalue weighted by Crippen LogP contribution is 2.28. The molecule has 0 bridgehead atoms. The summed E-state index contributed by atoms with van der Waals surface area (Å²) >= 11 is 0. The number of nitrogens with zero attached hydrogens (tertiary/aromatic N) is 2. The first-order valence-corrected chi connectivity index (χ1v) is 5.53. The maximum absolute atomic E-state index is 10.7. The van der Waals surface area contributed by atoms with E-state index >= 15 is 0 Å². The zero-order valence-electron chi connectivity index (χ0n) is 10.1. The van der Waals surface area contributed by atoms with Gasteiger partial charge in [-0.05, 0) is 12.1 Å². The van der Waals surface area contributed by atoms with E-state index in [1.165, 1.54) is 36.4 Å². The number of nitrogen functional groups attached to an aromatic ring is 1. The van der Waals surface area contributed by atoms with Crippen LogP contribution < -0.4 is 11.1 Å². The van der Waals surface area contributed by atoms with Crippen LogP contribution in [0.15, 0.2) is 42.5 Å². The summed E-state index contributed by atoms with van der Waals surface area (Å²) < 4.78 is 0. The quantitative estimate of drug-likeness (QED) is 0.501. The van der Waals surface area contributed by atoms with E-state index in [4.69, 9.17) is 5.73 Å². The van der Waals surface area contributed by atoms with Crippen LogP contribution in [0.1, 0.15) is 0 Å². The molecule has 3 N–H and O–H groups in total. The summed E-state index contributed by atoms with van der Waals surface area (Å²) in [5, 5.41) is 24.1. The summed E-state index contributed by atoms with van der Waals surface area (Å²) in [4.78, 5) is 20.2. The summed E-state index contributed by atoms with van der Waals surface area (Å²) in [6, 6.07) is 9.85. The number of non-ortho nitro benzene ring substituents is 2. The Kier molecular flexibility index (Phi) is 3.47. The molecule has 0 saturated heterocycles. The molecule has 2 rings (SSSR count). The van der Waals surface area contributed by atoms with Gasteiger partial charge in [-0.15, -0.1) is 0 Å². The highest BCUT2D eigenvalue weighted by molar-refractivity contribution is 5.75. The SMILES string of the molecule is Nc1cc([N+](=O)[O-])ccc1Nc1cccc([N+](=O)[O-])c1. The fourth-order valence-electron chi connectivity index (χ4n) is 1.63. The third kappa shape index (κ3) is 2.80. The van der Waals surface area contributed by atoms with Gasteiger partial charge in [-0.3, -0.25) is 20.2 Å². The van der Waals surface area contributed by atoms with Gasteiger partial charge in [0.1, 0.15) is 0 Å². The minimum atomic E-state index is -0.548. The lowest BCUT2D eigenvalue weighted by atomic mass is 10.2. The standard InChI is InChI=1S/C12H10N4O4/c13-11-7-10(16(19)20)4-5-12(11)14-8-2-1-3-9(6-8)15(17)18/h1-7,14H,13H2. The average molecular weight is 274 g/mol. The molecular weight excluding hydrogens is 264 g/mol. The van der Waals surface area contributed by atoms with Crippen LogP contribution in [0.5, 0.6) is 0 Å². The Labute approximate surface area is 113 Å². The molecule has 0 radical (unpaired) electrons. The van der Waals surface area contributed by atoms with Gasteiger partial charge in [0.2, 0.25) is 0 Å². The Morgan fingerprint density at radius 1 is 0.950 bits per heavy atom. The lowest BCUT2D eigenvalue weighted by Crippen LogP contribution is -1.98. The predicted octanol–water partition coefficient (Wildman–Crippen LogP) is 2.83. The summed E-state index contributed by atoms with van der Waals surface area (Å²) in [6.07, 6.45) is 0. The average Bonchev–Trinajstić information content (AvgIpc) is 2.41. The van der Waals surface area contributed by atoms with Crippen LogP contribution >= 0.6 is 0 Å². The van der Waals surface area contributed by atoms with Crippen molar-refractivity contribution in [3.05, 3.63) is 62.7 Å². The van der Waals surface area contributed by atoms with Gasteiger partial charge in [-0.25, -0.2) is 0 Å². The number of hydrogen-bond donors (Lipinski definition) is 2. The number of rotatable bonds is 4. The Bertz CT molecular complexity index is 687. The van der Waals surface area contributed by atoms with Crippen LogP contribution in [0.2, 0.25) is 0 Å². The van der Waals surface area contributed by atoms with E-state index in [9.17, 15) is 20.2 Å². The number of nitro groups is 2. The second-order valence-electron chi connectivity index (χ2n) is 3.96. The van der Waals surface area contributed by atoms with Crippen LogP contribution in [0, 0.1) is 20.2 Å². The van der Waals surface area contributed by atoms with Crippen molar-refractivity contribution in [3.63, 3.8) is 0 Å². The van der Waals surface area contributed by atoms with Gasteiger partial charge >= 0.3 is 0 Å². The minimum Gasteiger partial charge on any atom is -0.397 e. The molecule has 0 aliphatic rings. The molecule has 0 aliphatic heterocycles. The van der Waals surface area contributed by atoms with Gasteiger partial charge < -0.3 is 11.1 Å². The largest absolute Gasteiger partial charge is 0.397 e. The van der Waals surface area contributed by atoms with Gasteiger partial charge in [0.15, 0.2) is 0 Å². The summed E-state index contributed by atoms with van der Waals surface area (Å²) in [6.45, 7) is 0. The van der Waals surface area contributed by atoms with Gasteiger partial charge in [0.25, 0.3) is 11.4 Å². The highest BCUT2D eigenvalue weighted by atomic mass is 16.6. The smallest absolute Gasteiger partial charge is 0.271 e. The molecule has 0 aromatic heterocycles. The third-order valence-corrected chi connectivity index (χ3v) is 2.58. The molecule has 0 aliphatic carbocycles. The van der Waals surface area contributed by atoms with E-state index < -0.39 is 9.85 Å². The van der Waals surface area contributed by atoms with Crippen molar-refractivity contribution in [2.75, 3.05) is 11.1 Å². The molecule has 0 saturated carbocycles. The van der Waals surface area contributed by atoms with Crippen molar-refractivity contribution in [1.82, 2.24) is 0 Å². The molecule has 0 spiro atoms. The van der Waals surface area contributed by atoms with Gasteiger partial charge in [0, 0.05) is 30.0 Å². The Morgan fingerprint density at radius 3 is 2.20 bits per heavy atom. The van der Waals surface area contributed by atoms with Crippen LogP contribution in [-0.4, -0.2) is 9.85 Å².